The van der Waals surface area contributed by atoms with Crippen molar-refractivity contribution in [1.29, 1.82) is 0 Å². The summed E-state index contributed by atoms with van der Waals surface area (Å²) in [6, 6.07) is 10.6. The first kappa shape index (κ1) is 35.6. The van der Waals surface area contributed by atoms with Gasteiger partial charge in [-0.15, -0.1) is 0 Å². The molecule has 0 fully saturated rings. The first-order valence-electron chi connectivity index (χ1n) is 12.8. The maximum atomic E-state index is 14.7. The summed E-state index contributed by atoms with van der Waals surface area (Å²) in [6.07, 6.45) is -12.0. The van der Waals surface area contributed by atoms with Crippen molar-refractivity contribution in [1.82, 2.24) is 4.90 Å². The van der Waals surface area contributed by atoms with Crippen molar-refractivity contribution < 1.29 is 55.7 Å². The third-order valence-electron chi connectivity index (χ3n) is 6.71. The van der Waals surface area contributed by atoms with Crippen molar-refractivity contribution in [3.63, 3.8) is 0 Å². The Hall–Kier alpha value is -4.56. The highest BCUT2D eigenvalue weighted by molar-refractivity contribution is 6.34. The predicted molar refractivity (Wildman–Crippen MR) is 147 cm³/mol. The summed E-state index contributed by atoms with van der Waals surface area (Å²) in [6.45, 7) is 4.00. The molecule has 5 rings (SSSR count). The van der Waals surface area contributed by atoms with Crippen LogP contribution in [0, 0.1) is 0 Å². The Morgan fingerprint density at radius 1 is 0.545 bits per heavy atom. The van der Waals surface area contributed by atoms with E-state index >= 15 is 0 Å². The highest BCUT2D eigenvalue weighted by atomic mass is 19.4. The quantitative estimate of drug-likeness (QED) is 0.299. The summed E-state index contributed by atoms with van der Waals surface area (Å²) >= 11 is 0. The van der Waals surface area contributed by atoms with Crippen LogP contribution < -0.4 is 4.90 Å². The van der Waals surface area contributed by atoms with Crippen molar-refractivity contribution in [2.75, 3.05) is 26.2 Å². The average Bonchev–Trinajstić information content (AvgIpc) is 3.38. The molecule has 3 aromatic rings. The molecular formula is C30H28F6N2O6. The third kappa shape index (κ3) is 5.46. The van der Waals surface area contributed by atoms with Gasteiger partial charge in [-0.05, 0) is 47.5 Å². The number of aliphatic hydroxyl groups excluding tert-OH is 2. The van der Waals surface area contributed by atoms with Crippen LogP contribution in [0.15, 0.2) is 66.7 Å². The van der Waals surface area contributed by atoms with E-state index in [-0.39, 0.29) is 16.8 Å². The molecule has 0 aliphatic carbocycles. The number of benzene rings is 3. The largest absolute Gasteiger partial charge is 0.411 e. The average molecular weight is 627 g/mol. The number of alkyl halides is 6. The molecule has 3 aromatic carbocycles. The molecule has 0 saturated heterocycles. The Labute approximate surface area is 248 Å². The molecular weight excluding hydrogens is 598 g/mol. The van der Waals surface area contributed by atoms with Gasteiger partial charge in [-0.25, -0.2) is 4.90 Å². The van der Waals surface area contributed by atoms with Gasteiger partial charge < -0.3 is 10.2 Å². The first-order chi connectivity index (χ1) is 20.7. The molecule has 2 aliphatic heterocycles. The minimum absolute atomic E-state index is 0.0871. The van der Waals surface area contributed by atoms with Gasteiger partial charge >= 0.3 is 12.4 Å². The van der Waals surface area contributed by atoms with Crippen molar-refractivity contribution in [2.45, 2.75) is 31.6 Å². The molecule has 14 heteroatoms. The van der Waals surface area contributed by atoms with E-state index in [1.165, 1.54) is 24.3 Å². The number of anilines is 1. The number of rotatable bonds is 3. The molecule has 0 radical (unpaired) electrons. The molecule has 0 spiro atoms. The molecule has 8 nitrogen and oxygen atoms in total. The Morgan fingerprint density at radius 2 is 0.909 bits per heavy atom. The fourth-order valence-corrected chi connectivity index (χ4v) is 4.86. The second kappa shape index (κ2) is 13.4. The van der Waals surface area contributed by atoms with Crippen molar-refractivity contribution in [3.05, 3.63) is 100 Å². The molecule has 0 atom stereocenters. The minimum Gasteiger partial charge on any atom is -0.400 e. The van der Waals surface area contributed by atoms with E-state index < -0.39 is 63.7 Å². The molecule has 236 valence electrons. The zero-order valence-corrected chi connectivity index (χ0v) is 24.0. The molecule has 0 aromatic heterocycles. The number of carbonyl (C=O) groups excluding carboxylic acids is 4. The molecule has 2 heterocycles. The monoisotopic (exact) mass is 626 g/mol. The van der Waals surface area contributed by atoms with Crippen molar-refractivity contribution in [2.24, 2.45) is 0 Å². The number of hydrogen-bond acceptors (Lipinski definition) is 6. The van der Waals surface area contributed by atoms with Crippen LogP contribution >= 0.6 is 0 Å². The van der Waals surface area contributed by atoms with Gasteiger partial charge in [0.2, 0.25) is 5.41 Å². The van der Waals surface area contributed by atoms with E-state index in [2.05, 4.69) is 0 Å². The van der Waals surface area contributed by atoms with Crippen LogP contribution in [0.4, 0.5) is 32.0 Å². The van der Waals surface area contributed by atoms with Crippen LogP contribution in [0.2, 0.25) is 0 Å². The number of para-hydroxylation sites is 1. The fraction of sp³-hybridized carbons (Fsp3) is 0.267. The Kier molecular flexibility index (Phi) is 10.8. The summed E-state index contributed by atoms with van der Waals surface area (Å²) in [5.74, 6) is -3.92. The van der Waals surface area contributed by atoms with Crippen LogP contribution in [-0.2, 0) is 5.41 Å². The fourth-order valence-electron chi connectivity index (χ4n) is 4.86. The summed E-state index contributed by atoms with van der Waals surface area (Å²) in [5, 5.41) is 14.0. The van der Waals surface area contributed by atoms with E-state index in [9.17, 15) is 45.5 Å². The predicted octanol–water partition coefficient (Wildman–Crippen LogP) is 5.37. The van der Waals surface area contributed by atoms with Gasteiger partial charge in [-0.3, -0.25) is 24.1 Å². The molecule has 2 aliphatic rings. The van der Waals surface area contributed by atoms with Gasteiger partial charge in [-0.2, -0.15) is 26.3 Å². The minimum atomic E-state index is -6.02. The molecule has 0 saturated carbocycles. The first-order valence-corrected chi connectivity index (χ1v) is 12.8. The molecule has 2 N–H and O–H groups in total. The van der Waals surface area contributed by atoms with Crippen molar-refractivity contribution >= 4 is 29.3 Å². The second-order valence-corrected chi connectivity index (χ2v) is 8.72. The summed E-state index contributed by atoms with van der Waals surface area (Å²) in [5.41, 5.74) is -9.31. The summed E-state index contributed by atoms with van der Waals surface area (Å²) < 4.78 is 88.0. The molecule has 4 amide bonds. The number of amides is 4. The van der Waals surface area contributed by atoms with Crippen molar-refractivity contribution in [3.8, 4) is 0 Å². The number of halogens is 6. The van der Waals surface area contributed by atoms with Crippen LogP contribution in [0.3, 0.4) is 0 Å². The highest BCUT2D eigenvalue weighted by Crippen LogP contribution is 2.57. The molecule has 0 bridgehead atoms. The number of nitrogens with zero attached hydrogens (tertiary/aromatic N) is 2. The van der Waals surface area contributed by atoms with E-state index in [4.69, 9.17) is 10.2 Å². The van der Waals surface area contributed by atoms with Gasteiger partial charge in [0.1, 0.15) is 0 Å². The number of fused-ring (bicyclic) bond motifs is 2. The Bertz CT molecular complexity index is 1540. The maximum Gasteiger partial charge on any atom is 0.411 e. The van der Waals surface area contributed by atoms with E-state index in [1.807, 2.05) is 13.8 Å². The molecule has 44 heavy (non-hydrogen) atoms. The Morgan fingerprint density at radius 3 is 1.34 bits per heavy atom. The van der Waals surface area contributed by atoms with Crippen LogP contribution in [0.5, 0.6) is 0 Å². The zero-order chi connectivity index (χ0) is 33.8. The SMILES string of the molecule is CC.CN1C(=O)c2ccc(C(c3ccc4c(c3)C(=O)N(c3ccccc3)C4=O)(C(F)(F)F)C(F)(F)F)cc2C1=O.CO.CO. The van der Waals surface area contributed by atoms with Crippen LogP contribution in [0.1, 0.15) is 66.4 Å². The van der Waals surface area contributed by atoms with E-state index in [0.29, 0.717) is 34.1 Å². The number of aliphatic hydroxyl groups is 2. The lowest BCUT2D eigenvalue weighted by Gasteiger charge is -2.38. The third-order valence-corrected chi connectivity index (χ3v) is 6.71. The number of carbonyl (C=O) groups is 4. The maximum absolute atomic E-state index is 14.7. The van der Waals surface area contributed by atoms with Gasteiger partial charge in [-0.1, -0.05) is 44.2 Å². The van der Waals surface area contributed by atoms with Crippen LogP contribution in [-0.4, -0.2) is 72.4 Å². The standard InChI is InChI=1S/C26H14F6N2O4.C2H6.2CH4O/c1-33-20(35)16-9-7-13(11-18(16)21(33)36)24(25(27,28)29,26(30,31)32)14-8-10-17-19(12-14)23(38)34(22(17)37)15-5-3-2-4-6-15;3*1-2/h2-12H,1H3;1-2H3;2*2H,1H3. The zero-order valence-electron chi connectivity index (χ0n) is 24.0. The van der Waals surface area contributed by atoms with Crippen LogP contribution in [0.25, 0.3) is 0 Å². The van der Waals surface area contributed by atoms with Gasteiger partial charge in [0, 0.05) is 21.3 Å². The lowest BCUT2D eigenvalue weighted by atomic mass is 9.71. The van der Waals surface area contributed by atoms with E-state index in [0.717, 1.165) is 33.4 Å². The number of hydrogen-bond donors (Lipinski definition) is 2. The Balaban J connectivity index is 0.00000106. The van der Waals surface area contributed by atoms with Gasteiger partial charge in [0.05, 0.1) is 27.9 Å². The summed E-state index contributed by atoms with van der Waals surface area (Å²) in [4.78, 5) is 51.7. The smallest absolute Gasteiger partial charge is 0.400 e. The summed E-state index contributed by atoms with van der Waals surface area (Å²) in [7, 11) is 3.05. The lowest BCUT2D eigenvalue weighted by Crippen LogP contribution is -2.55. The van der Waals surface area contributed by atoms with Gasteiger partial charge in [0.15, 0.2) is 0 Å². The number of imide groups is 2. The second-order valence-electron chi connectivity index (χ2n) is 8.72. The molecule has 0 unspecified atom stereocenters. The normalized spacial score (nSPS) is 14.1. The lowest BCUT2D eigenvalue weighted by molar-refractivity contribution is -0.288. The topological polar surface area (TPSA) is 115 Å². The van der Waals surface area contributed by atoms with Gasteiger partial charge in [0.25, 0.3) is 23.6 Å². The highest BCUT2D eigenvalue weighted by Gasteiger charge is 2.73. The van der Waals surface area contributed by atoms with E-state index in [1.54, 1.807) is 6.07 Å².